The van der Waals surface area contributed by atoms with E-state index in [0.29, 0.717) is 12.5 Å². The quantitative estimate of drug-likeness (QED) is 0.860. The molecule has 1 aromatic rings. The summed E-state index contributed by atoms with van der Waals surface area (Å²) in [5, 5.41) is 2.93. The molecule has 3 N–H and O–H groups in total. The highest BCUT2D eigenvalue weighted by atomic mass is 16.2. The number of anilines is 1. The molecule has 0 saturated carbocycles. The highest BCUT2D eigenvalue weighted by molar-refractivity contribution is 5.89. The van der Waals surface area contributed by atoms with E-state index >= 15 is 0 Å². The summed E-state index contributed by atoms with van der Waals surface area (Å²) in [5.41, 5.74) is 7.59. The Hall–Kier alpha value is -1.55. The van der Waals surface area contributed by atoms with Crippen molar-refractivity contribution in [2.45, 2.75) is 19.8 Å². The summed E-state index contributed by atoms with van der Waals surface area (Å²) >= 11 is 0. The van der Waals surface area contributed by atoms with E-state index in [1.165, 1.54) is 5.56 Å². The maximum atomic E-state index is 12.0. The van der Waals surface area contributed by atoms with Crippen molar-refractivity contribution in [3.8, 4) is 0 Å². The molecule has 1 heterocycles. The Balaban J connectivity index is 1.87. The van der Waals surface area contributed by atoms with Crippen molar-refractivity contribution in [3.63, 3.8) is 0 Å². The smallest absolute Gasteiger partial charge is 0.321 e. The predicted octanol–water partition coefficient (Wildman–Crippen LogP) is 2.20. The monoisotopic (exact) mass is 247 g/mol. The number of rotatable bonds is 3. The first kappa shape index (κ1) is 12.9. The number of aryl methyl sites for hydroxylation is 1. The molecule has 1 aromatic carbocycles. The van der Waals surface area contributed by atoms with Crippen LogP contribution in [0.4, 0.5) is 10.5 Å². The van der Waals surface area contributed by atoms with Crippen molar-refractivity contribution < 1.29 is 4.79 Å². The summed E-state index contributed by atoms with van der Waals surface area (Å²) in [6, 6.07) is 7.85. The van der Waals surface area contributed by atoms with Gasteiger partial charge >= 0.3 is 6.03 Å². The molecule has 2 amide bonds. The molecule has 0 spiro atoms. The number of hydrogen-bond donors (Lipinski definition) is 2. The Kier molecular flexibility index (Phi) is 4.20. The summed E-state index contributed by atoms with van der Waals surface area (Å²) in [5.74, 6) is 0.568. The Labute approximate surface area is 108 Å². The van der Waals surface area contributed by atoms with Crippen molar-refractivity contribution in [3.05, 3.63) is 29.8 Å². The third-order valence-electron chi connectivity index (χ3n) is 3.45. The van der Waals surface area contributed by atoms with E-state index in [1.54, 1.807) is 0 Å². The number of benzene rings is 1. The third-order valence-corrected chi connectivity index (χ3v) is 3.45. The van der Waals surface area contributed by atoms with Crippen LogP contribution < -0.4 is 11.1 Å². The maximum Gasteiger partial charge on any atom is 0.321 e. The number of nitrogens with two attached hydrogens (primary N) is 1. The van der Waals surface area contributed by atoms with Crippen LogP contribution in [0.5, 0.6) is 0 Å². The Morgan fingerprint density at radius 3 is 2.83 bits per heavy atom. The molecule has 2 rings (SSSR count). The number of carbonyl (C=O) groups excluding carboxylic acids is 1. The minimum atomic E-state index is -0.00151. The van der Waals surface area contributed by atoms with E-state index < -0.39 is 0 Å². The van der Waals surface area contributed by atoms with E-state index in [-0.39, 0.29) is 6.03 Å². The van der Waals surface area contributed by atoms with E-state index in [1.807, 2.05) is 36.1 Å². The van der Waals surface area contributed by atoms with Crippen LogP contribution in [-0.2, 0) is 0 Å². The number of urea groups is 1. The lowest BCUT2D eigenvalue weighted by atomic mass is 10.1. The molecule has 0 aromatic heterocycles. The van der Waals surface area contributed by atoms with Gasteiger partial charge in [0.2, 0.25) is 0 Å². The molecule has 0 aliphatic carbocycles. The zero-order chi connectivity index (χ0) is 13.0. The van der Waals surface area contributed by atoms with Crippen LogP contribution >= 0.6 is 0 Å². The summed E-state index contributed by atoms with van der Waals surface area (Å²) in [4.78, 5) is 13.9. The second-order valence-electron chi connectivity index (χ2n) is 4.97. The molecule has 0 bridgehead atoms. The minimum absolute atomic E-state index is 0.00151. The van der Waals surface area contributed by atoms with Crippen molar-refractivity contribution in [2.75, 3.05) is 25.0 Å². The van der Waals surface area contributed by atoms with Gasteiger partial charge in [-0.2, -0.15) is 0 Å². The molecule has 18 heavy (non-hydrogen) atoms. The topological polar surface area (TPSA) is 58.4 Å². The number of nitrogens with zero attached hydrogens (tertiary/aromatic N) is 1. The zero-order valence-corrected chi connectivity index (χ0v) is 10.9. The molecular weight excluding hydrogens is 226 g/mol. The van der Waals surface area contributed by atoms with Crippen LogP contribution in [0.15, 0.2) is 24.3 Å². The lowest BCUT2D eigenvalue weighted by molar-refractivity contribution is 0.220. The second kappa shape index (κ2) is 5.87. The molecule has 0 radical (unpaired) electrons. The van der Waals surface area contributed by atoms with E-state index in [2.05, 4.69) is 5.32 Å². The lowest BCUT2D eigenvalue weighted by Crippen LogP contribution is -2.33. The molecule has 1 aliphatic heterocycles. The molecule has 1 unspecified atom stereocenters. The highest BCUT2D eigenvalue weighted by Gasteiger charge is 2.25. The molecule has 1 aliphatic rings. The number of hydrogen-bond acceptors (Lipinski definition) is 2. The van der Waals surface area contributed by atoms with Gasteiger partial charge in [-0.25, -0.2) is 4.79 Å². The molecule has 1 saturated heterocycles. The van der Waals surface area contributed by atoms with Gasteiger partial charge in [0.05, 0.1) is 0 Å². The Bertz CT molecular complexity index is 402. The molecule has 4 nitrogen and oxygen atoms in total. The second-order valence-corrected chi connectivity index (χ2v) is 4.97. The summed E-state index contributed by atoms with van der Waals surface area (Å²) in [6.07, 6.45) is 2.08. The third kappa shape index (κ3) is 3.23. The van der Waals surface area contributed by atoms with Gasteiger partial charge in [-0.3, -0.25) is 0 Å². The van der Waals surface area contributed by atoms with Crippen molar-refractivity contribution in [1.29, 1.82) is 0 Å². The largest absolute Gasteiger partial charge is 0.330 e. The minimum Gasteiger partial charge on any atom is -0.330 e. The number of likely N-dealkylation sites (tertiary alicyclic amines) is 1. The Morgan fingerprint density at radius 2 is 2.17 bits per heavy atom. The average molecular weight is 247 g/mol. The standard InChI is InChI=1S/C14H21N3O/c1-11-2-4-13(5-3-11)16-14(18)17-9-7-12(10-17)6-8-15/h2-5,12H,6-10,15H2,1H3,(H,16,18). The fourth-order valence-electron chi connectivity index (χ4n) is 2.33. The maximum absolute atomic E-state index is 12.0. The van der Waals surface area contributed by atoms with Crippen LogP contribution in [0.2, 0.25) is 0 Å². The van der Waals surface area contributed by atoms with Crippen molar-refractivity contribution in [1.82, 2.24) is 4.90 Å². The fourth-order valence-corrected chi connectivity index (χ4v) is 2.33. The summed E-state index contributed by atoms with van der Waals surface area (Å²) < 4.78 is 0. The first-order chi connectivity index (χ1) is 8.69. The fraction of sp³-hybridized carbons (Fsp3) is 0.500. The van der Waals surface area contributed by atoms with Crippen molar-refractivity contribution >= 4 is 11.7 Å². The number of amides is 2. The van der Waals surface area contributed by atoms with Crippen LogP contribution in [0.1, 0.15) is 18.4 Å². The van der Waals surface area contributed by atoms with Gasteiger partial charge in [-0.1, -0.05) is 17.7 Å². The van der Waals surface area contributed by atoms with E-state index in [0.717, 1.165) is 31.6 Å². The van der Waals surface area contributed by atoms with Gasteiger partial charge in [-0.05, 0) is 44.4 Å². The molecule has 4 heteroatoms. The zero-order valence-electron chi connectivity index (χ0n) is 10.9. The van der Waals surface area contributed by atoms with E-state index in [4.69, 9.17) is 5.73 Å². The first-order valence-corrected chi connectivity index (χ1v) is 6.51. The van der Waals surface area contributed by atoms with Crippen LogP contribution in [0.3, 0.4) is 0 Å². The lowest BCUT2D eigenvalue weighted by Gasteiger charge is -2.17. The molecule has 1 atom stereocenters. The van der Waals surface area contributed by atoms with Crippen molar-refractivity contribution in [2.24, 2.45) is 11.7 Å². The highest BCUT2D eigenvalue weighted by Crippen LogP contribution is 2.20. The van der Waals surface area contributed by atoms with Gasteiger partial charge in [-0.15, -0.1) is 0 Å². The molecular formula is C14H21N3O. The summed E-state index contributed by atoms with van der Waals surface area (Å²) in [6.45, 7) is 4.40. The SMILES string of the molecule is Cc1ccc(NC(=O)N2CCC(CCN)C2)cc1. The van der Waals surface area contributed by atoms with Crippen LogP contribution in [0, 0.1) is 12.8 Å². The molecule has 98 valence electrons. The molecule has 1 fully saturated rings. The van der Waals surface area contributed by atoms with E-state index in [9.17, 15) is 4.79 Å². The Morgan fingerprint density at radius 1 is 1.44 bits per heavy atom. The van der Waals surface area contributed by atoms with Crippen LogP contribution in [0.25, 0.3) is 0 Å². The van der Waals surface area contributed by atoms with Gasteiger partial charge in [0.1, 0.15) is 0 Å². The predicted molar refractivity (Wildman–Crippen MR) is 73.5 cm³/mol. The van der Waals surface area contributed by atoms with Gasteiger partial charge in [0, 0.05) is 18.8 Å². The first-order valence-electron chi connectivity index (χ1n) is 6.51. The number of carbonyl (C=O) groups is 1. The van der Waals surface area contributed by atoms with Crippen LogP contribution in [-0.4, -0.2) is 30.6 Å². The normalized spacial score (nSPS) is 19.0. The summed E-state index contributed by atoms with van der Waals surface area (Å²) in [7, 11) is 0. The number of nitrogens with one attached hydrogen (secondary N) is 1. The van der Waals surface area contributed by atoms with Gasteiger partial charge < -0.3 is 16.0 Å². The van der Waals surface area contributed by atoms with Gasteiger partial charge in [0.25, 0.3) is 0 Å². The average Bonchev–Trinajstić information content (AvgIpc) is 2.81. The van der Waals surface area contributed by atoms with Gasteiger partial charge in [0.15, 0.2) is 0 Å².